The van der Waals surface area contributed by atoms with Crippen molar-refractivity contribution in [3.8, 4) is 11.5 Å². The zero-order valence-corrected chi connectivity index (χ0v) is 19.5. The van der Waals surface area contributed by atoms with E-state index < -0.39 is 18.8 Å². The molecule has 3 aromatic carbocycles. The Labute approximate surface area is 212 Å². The molecular weight excluding hydrogens is 518 g/mol. The molecule has 38 heavy (non-hydrogen) atoms. The van der Waals surface area contributed by atoms with Gasteiger partial charge in [-0.3, -0.25) is 0 Å². The van der Waals surface area contributed by atoms with E-state index in [0.29, 0.717) is 17.8 Å². The molecule has 0 saturated carbocycles. The van der Waals surface area contributed by atoms with Gasteiger partial charge in [0.2, 0.25) is 0 Å². The molecule has 2 amide bonds. The standard InChI is InChI=1S/C17H14F3N3O2.C8H8F3NO/c18-17(19,20)25-12-6-4-11(5-7-12)10-22-16(24)23-15-3-1-2-14-13(15)8-9-21-14;9-8(10,11)13-7-3-1-6(5-12)2-4-7/h1-9,21H,10H2,(H2,22,23,24);1-4H,5,12H2. The number of urea groups is 1. The lowest BCUT2D eigenvalue weighted by Crippen LogP contribution is -2.28. The van der Waals surface area contributed by atoms with Gasteiger partial charge in [-0.25, -0.2) is 4.79 Å². The fourth-order valence-corrected chi connectivity index (χ4v) is 3.18. The molecule has 0 unspecified atom stereocenters. The minimum Gasteiger partial charge on any atom is -0.406 e. The van der Waals surface area contributed by atoms with E-state index in [4.69, 9.17) is 5.73 Å². The molecule has 0 aliphatic heterocycles. The monoisotopic (exact) mass is 540 g/mol. The van der Waals surface area contributed by atoms with Crippen LogP contribution >= 0.6 is 0 Å². The highest BCUT2D eigenvalue weighted by molar-refractivity contribution is 6.00. The number of alkyl halides is 6. The zero-order valence-electron chi connectivity index (χ0n) is 19.5. The average Bonchev–Trinajstić information content (AvgIpc) is 3.33. The quantitative estimate of drug-likeness (QED) is 0.212. The number of H-pyrrole nitrogens is 1. The first-order chi connectivity index (χ1) is 17.9. The molecule has 202 valence electrons. The Morgan fingerprint density at radius 1 is 0.789 bits per heavy atom. The highest BCUT2D eigenvalue weighted by Crippen LogP contribution is 2.24. The number of benzene rings is 3. The maximum Gasteiger partial charge on any atom is 0.573 e. The molecule has 0 aliphatic carbocycles. The molecule has 0 saturated heterocycles. The largest absolute Gasteiger partial charge is 0.573 e. The molecule has 0 aliphatic rings. The fraction of sp³-hybridized carbons (Fsp3) is 0.160. The van der Waals surface area contributed by atoms with Crippen molar-refractivity contribution in [2.75, 3.05) is 5.32 Å². The number of carbonyl (C=O) groups is 1. The van der Waals surface area contributed by atoms with Gasteiger partial charge in [-0.1, -0.05) is 30.3 Å². The molecular formula is C25H22F6N4O3. The molecule has 7 nitrogen and oxygen atoms in total. The Bertz CT molecular complexity index is 1320. The number of fused-ring (bicyclic) bond motifs is 1. The minimum atomic E-state index is -4.72. The second-order valence-corrected chi connectivity index (χ2v) is 7.64. The van der Waals surface area contributed by atoms with Gasteiger partial charge in [-0.05, 0) is 53.6 Å². The molecule has 13 heteroatoms. The Balaban J connectivity index is 0.000000260. The second kappa shape index (κ2) is 12.2. The van der Waals surface area contributed by atoms with Crippen molar-refractivity contribution in [2.45, 2.75) is 25.8 Å². The number of nitrogens with one attached hydrogen (secondary N) is 3. The number of aromatic nitrogens is 1. The lowest BCUT2D eigenvalue weighted by Gasteiger charge is -2.10. The molecule has 4 aromatic rings. The summed E-state index contributed by atoms with van der Waals surface area (Å²) in [6.07, 6.45) is -7.58. The van der Waals surface area contributed by atoms with Crippen LogP contribution in [-0.4, -0.2) is 23.7 Å². The van der Waals surface area contributed by atoms with Crippen molar-refractivity contribution in [3.05, 3.63) is 90.1 Å². The third kappa shape index (κ3) is 9.24. The SMILES string of the molecule is NCc1ccc(OC(F)(F)F)cc1.O=C(NCc1ccc(OC(F)(F)F)cc1)Nc1cccc2[nH]ccc12. The topological polar surface area (TPSA) is 101 Å². The van der Waals surface area contributed by atoms with E-state index in [-0.39, 0.29) is 18.0 Å². The number of nitrogens with two attached hydrogens (primary N) is 1. The first-order valence-corrected chi connectivity index (χ1v) is 10.9. The van der Waals surface area contributed by atoms with E-state index in [1.54, 1.807) is 12.3 Å². The third-order valence-electron chi connectivity index (χ3n) is 4.85. The number of amides is 2. The molecule has 4 rings (SSSR count). The maximum atomic E-state index is 12.1. The van der Waals surface area contributed by atoms with Gasteiger partial charge in [-0.15, -0.1) is 26.3 Å². The number of hydrogen-bond donors (Lipinski definition) is 4. The van der Waals surface area contributed by atoms with Crippen LogP contribution in [0.1, 0.15) is 11.1 Å². The summed E-state index contributed by atoms with van der Waals surface area (Å²) in [6.45, 7) is 0.466. The smallest absolute Gasteiger partial charge is 0.406 e. The summed E-state index contributed by atoms with van der Waals surface area (Å²) in [7, 11) is 0. The molecule has 5 N–H and O–H groups in total. The first-order valence-electron chi connectivity index (χ1n) is 10.9. The summed E-state index contributed by atoms with van der Waals surface area (Å²) in [4.78, 5) is 15.0. The van der Waals surface area contributed by atoms with Gasteiger partial charge in [0.25, 0.3) is 0 Å². The van der Waals surface area contributed by atoms with Crippen molar-refractivity contribution in [2.24, 2.45) is 5.73 Å². The average molecular weight is 540 g/mol. The van der Waals surface area contributed by atoms with Crippen LogP contribution in [0.3, 0.4) is 0 Å². The normalized spacial score (nSPS) is 11.3. The van der Waals surface area contributed by atoms with Gasteiger partial charge in [0.05, 0.1) is 5.69 Å². The van der Waals surface area contributed by atoms with E-state index in [9.17, 15) is 31.1 Å². The van der Waals surface area contributed by atoms with Crippen LogP contribution in [0.2, 0.25) is 0 Å². The lowest BCUT2D eigenvalue weighted by molar-refractivity contribution is -0.275. The number of carbonyl (C=O) groups excluding carboxylic acids is 1. The van der Waals surface area contributed by atoms with E-state index in [2.05, 4.69) is 25.1 Å². The van der Waals surface area contributed by atoms with Gasteiger partial charge in [0, 0.05) is 30.2 Å². The molecule has 0 atom stereocenters. The molecule has 0 radical (unpaired) electrons. The summed E-state index contributed by atoms with van der Waals surface area (Å²) < 4.78 is 78.8. The minimum absolute atomic E-state index is 0.168. The van der Waals surface area contributed by atoms with Crippen molar-refractivity contribution in [1.29, 1.82) is 0 Å². The predicted molar refractivity (Wildman–Crippen MR) is 128 cm³/mol. The number of anilines is 1. The van der Waals surface area contributed by atoms with Crippen LogP contribution in [0, 0.1) is 0 Å². The second-order valence-electron chi connectivity index (χ2n) is 7.64. The van der Waals surface area contributed by atoms with E-state index >= 15 is 0 Å². The number of ether oxygens (including phenoxy) is 2. The summed E-state index contributed by atoms with van der Waals surface area (Å²) in [6, 6.07) is 17.7. The van der Waals surface area contributed by atoms with E-state index in [0.717, 1.165) is 16.5 Å². The Kier molecular flexibility index (Phi) is 9.07. The highest BCUT2D eigenvalue weighted by atomic mass is 19.4. The lowest BCUT2D eigenvalue weighted by atomic mass is 10.2. The molecule has 0 spiro atoms. The molecule has 1 aromatic heterocycles. The van der Waals surface area contributed by atoms with Crippen molar-refractivity contribution in [1.82, 2.24) is 10.3 Å². The highest BCUT2D eigenvalue weighted by Gasteiger charge is 2.31. The van der Waals surface area contributed by atoms with Crippen LogP contribution in [0.5, 0.6) is 11.5 Å². The summed E-state index contributed by atoms with van der Waals surface area (Å²) in [5.41, 5.74) is 8.22. The van der Waals surface area contributed by atoms with Crippen molar-refractivity contribution in [3.63, 3.8) is 0 Å². The van der Waals surface area contributed by atoms with Gasteiger partial charge in [0.1, 0.15) is 11.5 Å². The van der Waals surface area contributed by atoms with Crippen LogP contribution in [0.25, 0.3) is 10.9 Å². The predicted octanol–water partition coefficient (Wildman–Crippen LogP) is 6.43. The molecule has 0 fully saturated rings. The van der Waals surface area contributed by atoms with Crippen LogP contribution in [0.4, 0.5) is 36.8 Å². The fourth-order valence-electron chi connectivity index (χ4n) is 3.18. The molecule has 0 bridgehead atoms. The van der Waals surface area contributed by atoms with Crippen molar-refractivity contribution < 1.29 is 40.6 Å². The summed E-state index contributed by atoms with van der Waals surface area (Å²) in [5, 5.41) is 6.27. The Morgan fingerprint density at radius 2 is 1.34 bits per heavy atom. The van der Waals surface area contributed by atoms with Crippen LogP contribution in [-0.2, 0) is 13.1 Å². The molecule has 1 heterocycles. The Hall–Kier alpha value is -4.39. The van der Waals surface area contributed by atoms with Crippen molar-refractivity contribution >= 4 is 22.6 Å². The number of hydrogen-bond acceptors (Lipinski definition) is 4. The summed E-state index contributed by atoms with van der Waals surface area (Å²) in [5.74, 6) is -0.537. The van der Waals surface area contributed by atoms with Gasteiger partial charge >= 0.3 is 18.8 Å². The zero-order chi connectivity index (χ0) is 27.8. The van der Waals surface area contributed by atoms with Gasteiger partial charge < -0.3 is 30.8 Å². The summed E-state index contributed by atoms with van der Waals surface area (Å²) >= 11 is 0. The van der Waals surface area contributed by atoms with Crippen LogP contribution < -0.4 is 25.8 Å². The van der Waals surface area contributed by atoms with E-state index in [1.165, 1.54) is 48.5 Å². The Morgan fingerprint density at radius 3 is 1.87 bits per heavy atom. The van der Waals surface area contributed by atoms with E-state index in [1.807, 2.05) is 18.2 Å². The number of rotatable bonds is 6. The number of halogens is 6. The maximum absolute atomic E-state index is 12.1. The number of aromatic amines is 1. The third-order valence-corrected chi connectivity index (χ3v) is 4.85. The van der Waals surface area contributed by atoms with Gasteiger partial charge in [-0.2, -0.15) is 0 Å². The first kappa shape index (κ1) is 28.2. The van der Waals surface area contributed by atoms with Crippen LogP contribution in [0.15, 0.2) is 79.0 Å². The van der Waals surface area contributed by atoms with Gasteiger partial charge in [0.15, 0.2) is 0 Å².